The van der Waals surface area contributed by atoms with E-state index in [0.29, 0.717) is 6.04 Å². The Hall–Kier alpha value is -1.12. The summed E-state index contributed by atoms with van der Waals surface area (Å²) in [5.74, 6) is 1.07. The quantitative estimate of drug-likeness (QED) is 0.193. The van der Waals surface area contributed by atoms with E-state index in [-0.39, 0.29) is 30.1 Å². The Morgan fingerprint density at radius 2 is 2.03 bits per heavy atom. The third-order valence-corrected chi connectivity index (χ3v) is 6.36. The number of fused-ring (bicyclic) bond motifs is 1. The molecule has 0 amide bonds. The fraction of sp³-hybridized carbons (Fsp3) is 0.625. The lowest BCUT2D eigenvalue weighted by Gasteiger charge is -2.26. The Balaban J connectivity index is 0.00000256. The van der Waals surface area contributed by atoms with Crippen molar-refractivity contribution in [3.8, 4) is 0 Å². The second-order valence-corrected chi connectivity index (χ2v) is 8.35. The number of halogens is 1. The van der Waals surface area contributed by atoms with Crippen LogP contribution in [0.2, 0.25) is 0 Å². The van der Waals surface area contributed by atoms with E-state index in [1.54, 1.807) is 0 Å². The number of aryl methyl sites for hydroxylation is 1. The number of aliphatic imine (C=N–C) groups is 1. The maximum Gasteiger partial charge on any atom is 0.193 e. The maximum atomic E-state index is 6.24. The van der Waals surface area contributed by atoms with Crippen LogP contribution < -0.4 is 5.32 Å². The van der Waals surface area contributed by atoms with Crippen LogP contribution in [0.25, 0.3) is 0 Å². The minimum Gasteiger partial charge on any atom is -0.373 e. The predicted octanol–water partition coefficient (Wildman–Crippen LogP) is 4.00. The van der Waals surface area contributed by atoms with Gasteiger partial charge in [0.2, 0.25) is 0 Å². The smallest absolute Gasteiger partial charge is 0.193 e. The molecule has 0 spiro atoms. The number of benzene rings is 1. The Kier molecular flexibility index (Phi) is 9.46. The molecule has 2 heterocycles. The van der Waals surface area contributed by atoms with Crippen molar-refractivity contribution in [1.29, 1.82) is 0 Å². The molecule has 2 aliphatic heterocycles. The summed E-state index contributed by atoms with van der Waals surface area (Å²) in [4.78, 5) is 9.90. The maximum absolute atomic E-state index is 6.24. The second-order valence-electron chi connectivity index (χ2n) is 8.35. The first kappa shape index (κ1) is 23.5. The first-order valence-corrected chi connectivity index (χ1v) is 11.5. The van der Waals surface area contributed by atoms with E-state index in [1.165, 1.54) is 30.4 Å². The van der Waals surface area contributed by atoms with Crippen molar-refractivity contribution in [3.63, 3.8) is 0 Å². The SMILES string of the molecule is CCNC(=NCCCOC1CCCc2ccccc21)N1CCC(N2CC=CC2)C1.I. The molecule has 30 heavy (non-hydrogen) atoms. The van der Waals surface area contributed by atoms with Gasteiger partial charge in [0, 0.05) is 51.9 Å². The Bertz CT molecular complexity index is 715. The summed E-state index contributed by atoms with van der Waals surface area (Å²) in [6, 6.07) is 9.42. The highest BCUT2D eigenvalue weighted by Crippen LogP contribution is 2.32. The van der Waals surface area contributed by atoms with E-state index in [2.05, 4.69) is 58.5 Å². The van der Waals surface area contributed by atoms with Gasteiger partial charge in [-0.3, -0.25) is 9.89 Å². The zero-order valence-electron chi connectivity index (χ0n) is 18.3. The third-order valence-electron chi connectivity index (χ3n) is 6.36. The van der Waals surface area contributed by atoms with Gasteiger partial charge in [0.15, 0.2) is 5.96 Å². The van der Waals surface area contributed by atoms with Crippen LogP contribution in [0.1, 0.15) is 49.8 Å². The van der Waals surface area contributed by atoms with Gasteiger partial charge in [-0.05, 0) is 50.2 Å². The fourth-order valence-electron chi connectivity index (χ4n) is 4.81. The second kappa shape index (κ2) is 12.1. The predicted molar refractivity (Wildman–Crippen MR) is 135 cm³/mol. The van der Waals surface area contributed by atoms with E-state index in [4.69, 9.17) is 9.73 Å². The summed E-state index contributed by atoms with van der Waals surface area (Å²) in [5.41, 5.74) is 2.86. The molecular weight excluding hydrogens is 487 g/mol. The zero-order chi connectivity index (χ0) is 19.9. The molecule has 1 aromatic carbocycles. The normalized spacial score (nSPS) is 24.0. The number of ether oxygens (including phenoxy) is 1. The molecule has 166 valence electrons. The molecular formula is C24H37IN4O. The highest BCUT2D eigenvalue weighted by atomic mass is 127. The van der Waals surface area contributed by atoms with E-state index < -0.39 is 0 Å². The molecule has 6 heteroatoms. The molecule has 1 fully saturated rings. The van der Waals surface area contributed by atoms with Crippen LogP contribution in [-0.4, -0.2) is 67.7 Å². The number of rotatable bonds is 7. The van der Waals surface area contributed by atoms with Gasteiger partial charge in [0.1, 0.15) is 0 Å². The third kappa shape index (κ3) is 5.98. The van der Waals surface area contributed by atoms with Gasteiger partial charge >= 0.3 is 0 Å². The molecule has 0 aromatic heterocycles. The van der Waals surface area contributed by atoms with Crippen molar-refractivity contribution in [2.45, 2.75) is 51.2 Å². The van der Waals surface area contributed by atoms with Crippen molar-refractivity contribution < 1.29 is 4.74 Å². The number of nitrogens with one attached hydrogen (secondary N) is 1. The van der Waals surface area contributed by atoms with E-state index in [9.17, 15) is 0 Å². The lowest BCUT2D eigenvalue weighted by molar-refractivity contribution is 0.0402. The summed E-state index contributed by atoms with van der Waals surface area (Å²) in [7, 11) is 0. The van der Waals surface area contributed by atoms with Crippen molar-refractivity contribution in [2.75, 3.05) is 45.9 Å². The topological polar surface area (TPSA) is 40.1 Å². The minimum absolute atomic E-state index is 0. The van der Waals surface area contributed by atoms with Gasteiger partial charge in [0.25, 0.3) is 0 Å². The standard InChI is InChI=1S/C24H36N4O.HI/c1-2-25-24(28-17-13-21(19-28)27-15-5-6-16-27)26-14-8-18-29-23-12-7-10-20-9-3-4-11-22(20)23;/h3-6,9,11,21,23H,2,7-8,10,12-19H2,1H3,(H,25,26);1H. The number of hydrogen-bond acceptors (Lipinski definition) is 3. The molecule has 2 atom stereocenters. The van der Waals surface area contributed by atoms with Gasteiger partial charge in [0.05, 0.1) is 6.10 Å². The molecule has 0 saturated carbocycles. The van der Waals surface area contributed by atoms with E-state index >= 15 is 0 Å². The van der Waals surface area contributed by atoms with Gasteiger partial charge in [-0.15, -0.1) is 24.0 Å². The molecule has 5 nitrogen and oxygen atoms in total. The van der Waals surface area contributed by atoms with Crippen LogP contribution in [0.3, 0.4) is 0 Å². The van der Waals surface area contributed by atoms with Crippen LogP contribution in [0.4, 0.5) is 0 Å². The van der Waals surface area contributed by atoms with E-state index in [0.717, 1.165) is 64.7 Å². The Labute approximate surface area is 199 Å². The Morgan fingerprint density at radius 1 is 1.20 bits per heavy atom. The first-order valence-electron chi connectivity index (χ1n) is 11.5. The number of hydrogen-bond donors (Lipinski definition) is 1. The first-order chi connectivity index (χ1) is 14.3. The summed E-state index contributed by atoms with van der Waals surface area (Å²) < 4.78 is 6.24. The average Bonchev–Trinajstić information content (AvgIpc) is 3.45. The lowest BCUT2D eigenvalue weighted by Crippen LogP contribution is -2.42. The molecule has 1 N–H and O–H groups in total. The highest BCUT2D eigenvalue weighted by molar-refractivity contribution is 14.0. The molecule has 1 aromatic rings. The number of nitrogens with zero attached hydrogens (tertiary/aromatic N) is 3. The van der Waals surface area contributed by atoms with Crippen LogP contribution >= 0.6 is 24.0 Å². The number of likely N-dealkylation sites (tertiary alicyclic amines) is 1. The molecule has 0 bridgehead atoms. The molecule has 1 saturated heterocycles. The monoisotopic (exact) mass is 524 g/mol. The molecule has 4 rings (SSSR count). The summed E-state index contributed by atoms with van der Waals surface area (Å²) in [6.45, 7) is 9.07. The minimum atomic E-state index is 0. The van der Waals surface area contributed by atoms with Crippen molar-refractivity contribution in [3.05, 3.63) is 47.5 Å². The Morgan fingerprint density at radius 3 is 2.87 bits per heavy atom. The molecule has 3 aliphatic rings. The molecule has 1 aliphatic carbocycles. The van der Waals surface area contributed by atoms with Crippen LogP contribution in [-0.2, 0) is 11.2 Å². The molecule has 2 unspecified atom stereocenters. The lowest BCUT2D eigenvalue weighted by atomic mass is 9.89. The van der Waals surface area contributed by atoms with Gasteiger partial charge in [-0.2, -0.15) is 0 Å². The van der Waals surface area contributed by atoms with Gasteiger partial charge in [-0.25, -0.2) is 0 Å². The van der Waals surface area contributed by atoms with Crippen molar-refractivity contribution >= 4 is 29.9 Å². The zero-order valence-corrected chi connectivity index (χ0v) is 20.6. The average molecular weight is 524 g/mol. The summed E-state index contributed by atoms with van der Waals surface area (Å²) in [6.07, 6.45) is 10.6. The summed E-state index contributed by atoms with van der Waals surface area (Å²) in [5, 5.41) is 3.49. The van der Waals surface area contributed by atoms with Crippen LogP contribution in [0, 0.1) is 0 Å². The molecule has 0 radical (unpaired) electrons. The van der Waals surface area contributed by atoms with Gasteiger partial charge < -0.3 is 15.0 Å². The van der Waals surface area contributed by atoms with Gasteiger partial charge in [-0.1, -0.05) is 36.4 Å². The summed E-state index contributed by atoms with van der Waals surface area (Å²) >= 11 is 0. The van der Waals surface area contributed by atoms with E-state index in [1.807, 2.05) is 0 Å². The van der Waals surface area contributed by atoms with Crippen molar-refractivity contribution in [1.82, 2.24) is 15.1 Å². The fourth-order valence-corrected chi connectivity index (χ4v) is 4.81. The van der Waals surface area contributed by atoms with Crippen LogP contribution in [0.15, 0.2) is 41.4 Å². The largest absolute Gasteiger partial charge is 0.373 e. The van der Waals surface area contributed by atoms with Crippen LogP contribution in [0.5, 0.6) is 0 Å². The van der Waals surface area contributed by atoms with Crippen molar-refractivity contribution in [2.24, 2.45) is 4.99 Å². The highest BCUT2D eigenvalue weighted by Gasteiger charge is 2.29. The number of guanidine groups is 1.